The Morgan fingerprint density at radius 2 is 2.17 bits per heavy atom. The summed E-state index contributed by atoms with van der Waals surface area (Å²) in [6.45, 7) is 2.50. The highest BCUT2D eigenvalue weighted by molar-refractivity contribution is 6.34. The lowest BCUT2D eigenvalue weighted by Gasteiger charge is -2.37. The first-order chi connectivity index (χ1) is 8.65. The number of nitrogens with zero attached hydrogens (tertiary/aromatic N) is 1. The van der Waals surface area contributed by atoms with E-state index in [1.807, 2.05) is 24.0 Å². The van der Waals surface area contributed by atoms with Crippen LogP contribution in [0.25, 0.3) is 0 Å². The molecule has 0 aromatic heterocycles. The van der Waals surface area contributed by atoms with E-state index in [0.717, 1.165) is 18.4 Å². The molecule has 1 aliphatic rings. The van der Waals surface area contributed by atoms with Gasteiger partial charge in [0.2, 0.25) is 0 Å². The quantitative estimate of drug-likeness (QED) is 0.769. The molecular formula is C14H17Cl2NO. The number of rotatable bonds is 4. The average molecular weight is 286 g/mol. The summed E-state index contributed by atoms with van der Waals surface area (Å²) < 4.78 is 0. The van der Waals surface area contributed by atoms with E-state index in [9.17, 15) is 4.79 Å². The Morgan fingerprint density at radius 1 is 1.44 bits per heavy atom. The summed E-state index contributed by atoms with van der Waals surface area (Å²) in [7, 11) is 0. The van der Waals surface area contributed by atoms with Gasteiger partial charge in [-0.2, -0.15) is 0 Å². The summed E-state index contributed by atoms with van der Waals surface area (Å²) in [5, 5.41) is 0.557. The second kappa shape index (κ2) is 5.94. The van der Waals surface area contributed by atoms with Crippen molar-refractivity contribution >= 4 is 29.1 Å². The SMILES string of the molecule is Cc1cccc(C(=O)N(CCCl)C2CCC2)c1Cl. The molecule has 0 radical (unpaired) electrons. The maximum absolute atomic E-state index is 12.5. The molecule has 0 unspecified atom stereocenters. The van der Waals surface area contributed by atoms with Gasteiger partial charge in [0.25, 0.3) is 5.91 Å². The predicted octanol–water partition coefficient (Wildman–Crippen LogP) is 3.88. The number of halogens is 2. The monoisotopic (exact) mass is 285 g/mol. The molecule has 18 heavy (non-hydrogen) atoms. The van der Waals surface area contributed by atoms with Gasteiger partial charge in [0, 0.05) is 18.5 Å². The van der Waals surface area contributed by atoms with Gasteiger partial charge in [0.1, 0.15) is 0 Å². The second-order valence-corrected chi connectivity index (χ2v) is 5.46. The summed E-state index contributed by atoms with van der Waals surface area (Å²) in [5.74, 6) is 0.472. The van der Waals surface area contributed by atoms with E-state index in [1.54, 1.807) is 6.07 Å². The van der Waals surface area contributed by atoms with Crippen LogP contribution in [0.2, 0.25) is 5.02 Å². The van der Waals surface area contributed by atoms with E-state index in [4.69, 9.17) is 23.2 Å². The zero-order valence-electron chi connectivity index (χ0n) is 10.5. The van der Waals surface area contributed by atoms with Gasteiger partial charge in [-0.15, -0.1) is 11.6 Å². The molecular weight excluding hydrogens is 269 g/mol. The van der Waals surface area contributed by atoms with Crippen molar-refractivity contribution < 1.29 is 4.79 Å². The van der Waals surface area contributed by atoms with Gasteiger partial charge in [-0.05, 0) is 37.8 Å². The number of carbonyl (C=O) groups excluding carboxylic acids is 1. The van der Waals surface area contributed by atoms with Crippen LogP contribution in [0.4, 0.5) is 0 Å². The standard InChI is InChI=1S/C14H17Cl2NO/c1-10-4-2-7-12(13(10)16)14(18)17(9-8-15)11-5-3-6-11/h2,4,7,11H,3,5-6,8-9H2,1H3. The first-order valence-corrected chi connectivity index (χ1v) is 7.18. The fourth-order valence-corrected chi connectivity index (χ4v) is 2.60. The Hall–Kier alpha value is -0.730. The van der Waals surface area contributed by atoms with Gasteiger partial charge in [0.15, 0.2) is 0 Å². The van der Waals surface area contributed by atoms with E-state index in [-0.39, 0.29) is 5.91 Å². The summed E-state index contributed by atoms with van der Waals surface area (Å²) in [4.78, 5) is 14.4. The highest BCUT2D eigenvalue weighted by Gasteiger charge is 2.29. The molecule has 1 fully saturated rings. The van der Waals surface area contributed by atoms with Crippen LogP contribution < -0.4 is 0 Å². The number of amides is 1. The summed E-state index contributed by atoms with van der Waals surface area (Å²) in [6.07, 6.45) is 3.34. The van der Waals surface area contributed by atoms with Crippen molar-refractivity contribution in [2.24, 2.45) is 0 Å². The molecule has 4 heteroatoms. The molecule has 1 aromatic rings. The van der Waals surface area contributed by atoms with Crippen LogP contribution in [-0.2, 0) is 0 Å². The molecule has 1 amide bonds. The van der Waals surface area contributed by atoms with Crippen molar-refractivity contribution in [2.45, 2.75) is 32.2 Å². The molecule has 0 atom stereocenters. The Morgan fingerprint density at radius 3 is 2.72 bits per heavy atom. The predicted molar refractivity (Wildman–Crippen MR) is 75.6 cm³/mol. The Balaban J connectivity index is 2.24. The lowest BCUT2D eigenvalue weighted by atomic mass is 9.91. The molecule has 1 aliphatic carbocycles. The molecule has 0 aliphatic heterocycles. The van der Waals surface area contributed by atoms with E-state index in [2.05, 4.69) is 0 Å². The normalized spacial score (nSPS) is 15.3. The third kappa shape index (κ3) is 2.65. The lowest BCUT2D eigenvalue weighted by Crippen LogP contribution is -2.45. The van der Waals surface area contributed by atoms with Crippen molar-refractivity contribution in [3.05, 3.63) is 34.3 Å². The summed E-state index contributed by atoms with van der Waals surface area (Å²) in [5.41, 5.74) is 1.52. The zero-order chi connectivity index (χ0) is 13.1. The molecule has 2 nitrogen and oxygen atoms in total. The van der Waals surface area contributed by atoms with Gasteiger partial charge in [-0.3, -0.25) is 4.79 Å². The number of carbonyl (C=O) groups is 1. The van der Waals surface area contributed by atoms with Crippen LogP contribution >= 0.6 is 23.2 Å². The lowest BCUT2D eigenvalue weighted by molar-refractivity contribution is 0.0598. The van der Waals surface area contributed by atoms with Crippen molar-refractivity contribution in [1.29, 1.82) is 0 Å². The first-order valence-electron chi connectivity index (χ1n) is 6.27. The van der Waals surface area contributed by atoms with Crippen molar-refractivity contribution in [1.82, 2.24) is 4.90 Å². The number of alkyl halides is 1. The summed E-state index contributed by atoms with van der Waals surface area (Å²) in [6, 6.07) is 5.91. The molecule has 1 saturated carbocycles. The van der Waals surface area contributed by atoms with Crippen LogP contribution in [0.1, 0.15) is 35.2 Å². The zero-order valence-corrected chi connectivity index (χ0v) is 12.0. The third-order valence-electron chi connectivity index (χ3n) is 3.52. The van der Waals surface area contributed by atoms with E-state index in [0.29, 0.717) is 29.1 Å². The molecule has 0 bridgehead atoms. The molecule has 1 aromatic carbocycles. The number of aryl methyl sites for hydroxylation is 1. The van der Waals surface area contributed by atoms with E-state index in [1.165, 1.54) is 6.42 Å². The van der Waals surface area contributed by atoms with Gasteiger partial charge in [-0.25, -0.2) is 0 Å². The Kier molecular flexibility index (Phi) is 4.52. The van der Waals surface area contributed by atoms with Crippen LogP contribution in [-0.4, -0.2) is 29.3 Å². The van der Waals surface area contributed by atoms with Gasteiger partial charge >= 0.3 is 0 Å². The van der Waals surface area contributed by atoms with Crippen molar-refractivity contribution in [3.8, 4) is 0 Å². The molecule has 0 saturated heterocycles. The fourth-order valence-electron chi connectivity index (χ4n) is 2.21. The Bertz CT molecular complexity index is 443. The topological polar surface area (TPSA) is 20.3 Å². The van der Waals surface area contributed by atoms with Crippen LogP contribution in [0.5, 0.6) is 0 Å². The smallest absolute Gasteiger partial charge is 0.255 e. The van der Waals surface area contributed by atoms with Crippen LogP contribution in [0.15, 0.2) is 18.2 Å². The second-order valence-electron chi connectivity index (χ2n) is 4.71. The van der Waals surface area contributed by atoms with Crippen molar-refractivity contribution in [2.75, 3.05) is 12.4 Å². The molecule has 0 heterocycles. The maximum atomic E-state index is 12.5. The van der Waals surface area contributed by atoms with Crippen molar-refractivity contribution in [3.63, 3.8) is 0 Å². The number of hydrogen-bond donors (Lipinski definition) is 0. The minimum atomic E-state index is 0.00838. The maximum Gasteiger partial charge on any atom is 0.255 e. The fraction of sp³-hybridized carbons (Fsp3) is 0.500. The molecule has 98 valence electrons. The first kappa shape index (κ1) is 13.7. The number of benzene rings is 1. The molecule has 2 rings (SSSR count). The highest BCUT2D eigenvalue weighted by Crippen LogP contribution is 2.28. The largest absolute Gasteiger partial charge is 0.334 e. The van der Waals surface area contributed by atoms with E-state index >= 15 is 0 Å². The minimum Gasteiger partial charge on any atom is -0.334 e. The average Bonchev–Trinajstić information content (AvgIpc) is 2.29. The van der Waals surface area contributed by atoms with Gasteiger partial charge in [0.05, 0.1) is 10.6 Å². The molecule has 0 N–H and O–H groups in total. The van der Waals surface area contributed by atoms with Crippen LogP contribution in [0.3, 0.4) is 0 Å². The molecule has 0 spiro atoms. The minimum absolute atomic E-state index is 0.00838. The summed E-state index contributed by atoms with van der Waals surface area (Å²) >= 11 is 12.0. The third-order valence-corrected chi connectivity index (χ3v) is 4.19. The van der Waals surface area contributed by atoms with Gasteiger partial charge in [-0.1, -0.05) is 23.7 Å². The van der Waals surface area contributed by atoms with E-state index < -0.39 is 0 Å². The van der Waals surface area contributed by atoms with Gasteiger partial charge < -0.3 is 4.90 Å². The highest BCUT2D eigenvalue weighted by atomic mass is 35.5. The van der Waals surface area contributed by atoms with Crippen LogP contribution in [0, 0.1) is 6.92 Å². The number of hydrogen-bond acceptors (Lipinski definition) is 1. The Labute approximate surface area is 118 Å².